The summed E-state index contributed by atoms with van der Waals surface area (Å²) in [6.07, 6.45) is 3.16. The highest BCUT2D eigenvalue weighted by Gasteiger charge is 2.17. The molecule has 2 N–H and O–H groups in total. The van der Waals surface area contributed by atoms with Crippen molar-refractivity contribution in [3.8, 4) is 0 Å². The van der Waals surface area contributed by atoms with E-state index in [1.165, 1.54) is 17.1 Å². The molecule has 0 unspecified atom stereocenters. The molecule has 2 heterocycles. The molecule has 0 aliphatic carbocycles. The Balaban J connectivity index is 2.00. The molecule has 0 amide bonds. The molecule has 2 aromatic rings. The Morgan fingerprint density at radius 2 is 2.30 bits per heavy atom. The van der Waals surface area contributed by atoms with Crippen LogP contribution in [0.25, 0.3) is 0 Å². The summed E-state index contributed by atoms with van der Waals surface area (Å²) in [5.74, 6) is 0.634. The molecule has 0 aromatic carbocycles. The Kier molecular flexibility index (Phi) is 4.47. The van der Waals surface area contributed by atoms with Gasteiger partial charge < -0.3 is 9.63 Å². The standard InChI is InChI=1S/C10H15N5O4S/c1-8-13-10(14-19-8)6-12-20(17,18)9-5-11-15(7-9)3-2-4-16/h5,7,12,16H,2-4,6H2,1H3. The van der Waals surface area contributed by atoms with Crippen molar-refractivity contribution >= 4 is 10.0 Å². The predicted octanol–water partition coefficient (Wildman–Crippen LogP) is -0.565. The lowest BCUT2D eigenvalue weighted by atomic mass is 10.5. The quantitative estimate of drug-likeness (QED) is 0.702. The van der Waals surface area contributed by atoms with Crippen LogP contribution in [0.15, 0.2) is 21.8 Å². The van der Waals surface area contributed by atoms with Gasteiger partial charge in [0.15, 0.2) is 5.82 Å². The topological polar surface area (TPSA) is 123 Å². The molecule has 110 valence electrons. The summed E-state index contributed by atoms with van der Waals surface area (Å²) in [7, 11) is -3.67. The molecular formula is C10H15N5O4S. The van der Waals surface area contributed by atoms with Crippen molar-refractivity contribution in [2.45, 2.75) is 31.3 Å². The van der Waals surface area contributed by atoms with Crippen LogP contribution in [0.2, 0.25) is 0 Å². The van der Waals surface area contributed by atoms with Crippen LogP contribution in [-0.4, -0.2) is 40.1 Å². The fourth-order valence-electron chi connectivity index (χ4n) is 1.49. The molecule has 0 atom stereocenters. The van der Waals surface area contributed by atoms with Crippen LogP contribution >= 0.6 is 0 Å². The lowest BCUT2D eigenvalue weighted by molar-refractivity contribution is 0.277. The summed E-state index contributed by atoms with van der Waals surface area (Å²) >= 11 is 0. The zero-order valence-electron chi connectivity index (χ0n) is 10.9. The zero-order valence-corrected chi connectivity index (χ0v) is 11.7. The highest BCUT2D eigenvalue weighted by molar-refractivity contribution is 7.89. The van der Waals surface area contributed by atoms with Crippen LogP contribution < -0.4 is 4.72 Å². The van der Waals surface area contributed by atoms with E-state index in [0.717, 1.165) is 0 Å². The molecule has 9 nitrogen and oxygen atoms in total. The van der Waals surface area contributed by atoms with Gasteiger partial charge in [0.25, 0.3) is 0 Å². The number of hydrogen-bond acceptors (Lipinski definition) is 7. The minimum absolute atomic E-state index is 0.0252. The highest BCUT2D eigenvalue weighted by Crippen LogP contribution is 2.08. The van der Waals surface area contributed by atoms with Gasteiger partial charge in [0.2, 0.25) is 15.9 Å². The maximum absolute atomic E-state index is 12.0. The molecule has 0 fully saturated rings. The first-order chi connectivity index (χ1) is 9.51. The van der Waals surface area contributed by atoms with Gasteiger partial charge in [0.1, 0.15) is 4.90 Å². The van der Waals surface area contributed by atoms with E-state index in [-0.39, 0.29) is 23.9 Å². The molecule has 0 radical (unpaired) electrons. The van der Waals surface area contributed by atoms with E-state index in [9.17, 15) is 8.42 Å². The second-order valence-electron chi connectivity index (χ2n) is 4.07. The van der Waals surface area contributed by atoms with Gasteiger partial charge in [-0.1, -0.05) is 5.16 Å². The maximum Gasteiger partial charge on any atom is 0.244 e. The maximum atomic E-state index is 12.0. The van der Waals surface area contributed by atoms with Crippen LogP contribution in [0.1, 0.15) is 18.1 Å². The van der Waals surface area contributed by atoms with Crippen LogP contribution in [0.5, 0.6) is 0 Å². The summed E-state index contributed by atoms with van der Waals surface area (Å²) < 4.78 is 32.6. The molecule has 10 heteroatoms. The van der Waals surface area contributed by atoms with Gasteiger partial charge in [-0.15, -0.1) is 0 Å². The number of sulfonamides is 1. The van der Waals surface area contributed by atoms with Crippen molar-refractivity contribution < 1.29 is 18.0 Å². The van der Waals surface area contributed by atoms with E-state index >= 15 is 0 Å². The van der Waals surface area contributed by atoms with Crippen molar-refractivity contribution in [2.24, 2.45) is 0 Å². The summed E-state index contributed by atoms with van der Waals surface area (Å²) in [5.41, 5.74) is 0. The minimum atomic E-state index is -3.67. The Bertz CT molecular complexity index is 663. The summed E-state index contributed by atoms with van der Waals surface area (Å²) in [6.45, 7) is 2.05. The predicted molar refractivity (Wildman–Crippen MR) is 67.0 cm³/mol. The summed E-state index contributed by atoms with van der Waals surface area (Å²) in [5, 5.41) is 16.2. The van der Waals surface area contributed by atoms with Crippen LogP contribution in [0, 0.1) is 6.92 Å². The van der Waals surface area contributed by atoms with Gasteiger partial charge in [-0.3, -0.25) is 4.68 Å². The minimum Gasteiger partial charge on any atom is -0.396 e. The van der Waals surface area contributed by atoms with E-state index < -0.39 is 10.0 Å². The molecule has 2 aromatic heterocycles. The summed E-state index contributed by atoms with van der Waals surface area (Å²) in [6, 6.07) is 0. The van der Waals surface area contributed by atoms with Crippen molar-refractivity contribution in [3.05, 3.63) is 24.1 Å². The van der Waals surface area contributed by atoms with Crippen molar-refractivity contribution in [1.29, 1.82) is 0 Å². The monoisotopic (exact) mass is 301 g/mol. The molecule has 0 spiro atoms. The number of rotatable bonds is 7. The van der Waals surface area contributed by atoms with E-state index in [0.29, 0.717) is 18.9 Å². The molecule has 0 saturated heterocycles. The van der Waals surface area contributed by atoms with Gasteiger partial charge in [0.05, 0.1) is 12.7 Å². The molecule has 0 saturated carbocycles. The fourth-order valence-corrected chi connectivity index (χ4v) is 2.43. The Morgan fingerprint density at radius 1 is 1.50 bits per heavy atom. The van der Waals surface area contributed by atoms with E-state index in [1.807, 2.05) is 0 Å². The number of aromatic nitrogens is 4. The van der Waals surface area contributed by atoms with E-state index in [2.05, 4.69) is 20.0 Å². The number of aliphatic hydroxyl groups excluding tert-OH is 1. The number of nitrogens with one attached hydrogen (secondary N) is 1. The van der Waals surface area contributed by atoms with Crippen LogP contribution in [-0.2, 0) is 23.1 Å². The molecule has 0 aliphatic heterocycles. The third kappa shape index (κ3) is 3.62. The van der Waals surface area contributed by atoms with Crippen molar-refractivity contribution in [1.82, 2.24) is 24.6 Å². The Hall–Kier alpha value is -1.78. The van der Waals surface area contributed by atoms with E-state index in [1.54, 1.807) is 6.92 Å². The molecular weight excluding hydrogens is 286 g/mol. The van der Waals surface area contributed by atoms with Crippen molar-refractivity contribution in [2.75, 3.05) is 6.61 Å². The molecule has 0 aliphatic rings. The number of aryl methyl sites for hydroxylation is 2. The largest absolute Gasteiger partial charge is 0.396 e. The Morgan fingerprint density at radius 3 is 2.95 bits per heavy atom. The highest BCUT2D eigenvalue weighted by atomic mass is 32.2. The average Bonchev–Trinajstić information content (AvgIpc) is 3.03. The lowest BCUT2D eigenvalue weighted by Crippen LogP contribution is -2.23. The zero-order chi connectivity index (χ0) is 14.6. The lowest BCUT2D eigenvalue weighted by Gasteiger charge is -2.01. The molecule has 2 rings (SSSR count). The average molecular weight is 301 g/mol. The van der Waals surface area contributed by atoms with Crippen molar-refractivity contribution in [3.63, 3.8) is 0 Å². The third-order valence-electron chi connectivity index (χ3n) is 2.46. The van der Waals surface area contributed by atoms with Crippen LogP contribution in [0.3, 0.4) is 0 Å². The summed E-state index contributed by atoms with van der Waals surface area (Å²) in [4.78, 5) is 3.95. The number of hydrogen-bond donors (Lipinski definition) is 2. The fraction of sp³-hybridized carbons (Fsp3) is 0.500. The van der Waals surface area contributed by atoms with E-state index in [4.69, 9.17) is 9.63 Å². The number of aliphatic hydroxyl groups is 1. The Labute approximate surface area is 115 Å². The van der Waals surface area contributed by atoms with Gasteiger partial charge in [-0.05, 0) is 6.42 Å². The second kappa shape index (κ2) is 6.11. The van der Waals surface area contributed by atoms with Crippen LogP contribution in [0.4, 0.5) is 0 Å². The smallest absolute Gasteiger partial charge is 0.244 e. The number of nitrogens with zero attached hydrogens (tertiary/aromatic N) is 4. The third-order valence-corrected chi connectivity index (χ3v) is 3.81. The first-order valence-corrected chi connectivity index (χ1v) is 7.42. The second-order valence-corrected chi connectivity index (χ2v) is 5.84. The first kappa shape index (κ1) is 14.6. The normalized spacial score (nSPS) is 11.9. The first-order valence-electron chi connectivity index (χ1n) is 5.93. The van der Waals surface area contributed by atoms with Gasteiger partial charge in [-0.2, -0.15) is 10.1 Å². The van der Waals surface area contributed by atoms with Gasteiger partial charge in [0, 0.05) is 26.3 Å². The molecule has 0 bridgehead atoms. The SMILES string of the molecule is Cc1nc(CNS(=O)(=O)c2cnn(CCCO)c2)no1. The molecule has 20 heavy (non-hydrogen) atoms. The van der Waals surface area contributed by atoms with Gasteiger partial charge >= 0.3 is 0 Å². The van der Waals surface area contributed by atoms with Gasteiger partial charge in [-0.25, -0.2) is 13.1 Å².